The number of esters is 3. The topological polar surface area (TPSA) is 78.9 Å². The second kappa shape index (κ2) is 69.1. The van der Waals surface area contributed by atoms with Crippen LogP contribution in [0.25, 0.3) is 0 Å². The molecule has 0 rings (SSSR count). The van der Waals surface area contributed by atoms with Gasteiger partial charge in [0.05, 0.1) is 0 Å². The van der Waals surface area contributed by atoms with E-state index in [2.05, 4.69) is 57.2 Å². The second-order valence-electron chi connectivity index (χ2n) is 24.5. The number of hydrogen-bond donors (Lipinski definition) is 0. The van der Waals surface area contributed by atoms with Crippen molar-refractivity contribution in [2.75, 3.05) is 13.2 Å². The number of carbonyl (C=O) groups is 3. The summed E-state index contributed by atoms with van der Waals surface area (Å²) in [5, 5.41) is 0. The second-order valence-corrected chi connectivity index (χ2v) is 24.5. The summed E-state index contributed by atoms with van der Waals surface area (Å²) in [6.07, 6.45) is 86.2. The van der Waals surface area contributed by atoms with Crippen molar-refractivity contribution in [3.8, 4) is 0 Å². The molecule has 0 heterocycles. The number of allylic oxidation sites excluding steroid dienone is 6. The fourth-order valence-corrected chi connectivity index (χ4v) is 10.9. The van der Waals surface area contributed by atoms with E-state index < -0.39 is 6.10 Å². The molecule has 0 fully saturated rings. The molecule has 0 saturated heterocycles. The Bertz CT molecular complexity index is 1340. The summed E-state index contributed by atoms with van der Waals surface area (Å²) in [6, 6.07) is 0. The first-order valence-electron chi connectivity index (χ1n) is 36.0. The highest BCUT2D eigenvalue weighted by Gasteiger charge is 2.19. The largest absolute Gasteiger partial charge is 0.462 e. The molecular formula is C74H138O6. The summed E-state index contributed by atoms with van der Waals surface area (Å²) >= 11 is 0. The molecule has 0 radical (unpaired) electrons. The summed E-state index contributed by atoms with van der Waals surface area (Å²) in [4.78, 5) is 38.4. The molecule has 0 saturated carbocycles. The molecule has 0 aromatic carbocycles. The maximum atomic E-state index is 12.9. The van der Waals surface area contributed by atoms with Crippen molar-refractivity contribution in [1.29, 1.82) is 0 Å². The van der Waals surface area contributed by atoms with E-state index in [9.17, 15) is 14.4 Å². The molecule has 0 aliphatic heterocycles. The summed E-state index contributed by atoms with van der Waals surface area (Å²) in [5.74, 6) is -0.858. The molecular weight excluding hydrogens is 985 g/mol. The number of unbranched alkanes of at least 4 members (excludes halogenated alkanes) is 50. The van der Waals surface area contributed by atoms with Crippen molar-refractivity contribution in [1.82, 2.24) is 0 Å². The monoisotopic (exact) mass is 1120 g/mol. The first kappa shape index (κ1) is 77.6. The number of ether oxygens (including phenoxy) is 3. The van der Waals surface area contributed by atoms with Gasteiger partial charge in [0.2, 0.25) is 0 Å². The minimum Gasteiger partial charge on any atom is -0.462 e. The van der Waals surface area contributed by atoms with Crippen LogP contribution in [0, 0.1) is 0 Å². The first-order valence-corrected chi connectivity index (χ1v) is 36.0. The van der Waals surface area contributed by atoms with E-state index in [4.69, 9.17) is 14.2 Å². The fourth-order valence-electron chi connectivity index (χ4n) is 10.9. The van der Waals surface area contributed by atoms with Gasteiger partial charge in [0, 0.05) is 19.3 Å². The van der Waals surface area contributed by atoms with Crippen LogP contribution in [0.2, 0.25) is 0 Å². The Morgan fingerprint density at radius 3 is 0.725 bits per heavy atom. The predicted molar refractivity (Wildman–Crippen MR) is 349 cm³/mol. The van der Waals surface area contributed by atoms with E-state index in [1.807, 2.05) is 0 Å². The Balaban J connectivity index is 4.10. The van der Waals surface area contributed by atoms with Crippen molar-refractivity contribution >= 4 is 17.9 Å². The average Bonchev–Trinajstić information content (AvgIpc) is 3.46. The summed E-state index contributed by atoms with van der Waals surface area (Å²) in [6.45, 7) is 6.67. The molecule has 0 bridgehead atoms. The lowest BCUT2D eigenvalue weighted by molar-refractivity contribution is -0.167. The minimum absolute atomic E-state index is 0.0722. The summed E-state index contributed by atoms with van der Waals surface area (Å²) in [7, 11) is 0. The van der Waals surface area contributed by atoms with E-state index in [1.165, 1.54) is 283 Å². The van der Waals surface area contributed by atoms with Crippen molar-refractivity contribution in [3.05, 3.63) is 36.5 Å². The van der Waals surface area contributed by atoms with Gasteiger partial charge in [-0.05, 0) is 77.0 Å². The van der Waals surface area contributed by atoms with E-state index in [-0.39, 0.29) is 31.1 Å². The van der Waals surface area contributed by atoms with Gasteiger partial charge >= 0.3 is 17.9 Å². The van der Waals surface area contributed by atoms with Crippen LogP contribution in [0.3, 0.4) is 0 Å². The zero-order chi connectivity index (χ0) is 57.8. The van der Waals surface area contributed by atoms with Gasteiger partial charge in [-0.3, -0.25) is 14.4 Å². The van der Waals surface area contributed by atoms with Crippen LogP contribution in [0.4, 0.5) is 0 Å². The van der Waals surface area contributed by atoms with Gasteiger partial charge in [-0.1, -0.05) is 340 Å². The first-order chi connectivity index (χ1) is 39.5. The Labute approximate surface area is 499 Å². The molecule has 80 heavy (non-hydrogen) atoms. The van der Waals surface area contributed by atoms with Gasteiger partial charge in [-0.2, -0.15) is 0 Å². The minimum atomic E-state index is -0.776. The molecule has 470 valence electrons. The van der Waals surface area contributed by atoms with Crippen LogP contribution in [-0.4, -0.2) is 37.2 Å². The molecule has 0 spiro atoms. The van der Waals surface area contributed by atoms with Crippen LogP contribution in [0.15, 0.2) is 36.5 Å². The molecule has 0 aliphatic carbocycles. The zero-order valence-electron chi connectivity index (χ0n) is 54.1. The van der Waals surface area contributed by atoms with E-state index in [1.54, 1.807) is 0 Å². The van der Waals surface area contributed by atoms with Gasteiger partial charge < -0.3 is 14.2 Å². The molecule has 1 unspecified atom stereocenters. The highest BCUT2D eigenvalue weighted by molar-refractivity contribution is 5.71. The van der Waals surface area contributed by atoms with Crippen LogP contribution in [-0.2, 0) is 28.6 Å². The Kier molecular flexibility index (Phi) is 67.1. The predicted octanol–water partition coefficient (Wildman–Crippen LogP) is 24.7. The number of hydrogen-bond acceptors (Lipinski definition) is 6. The van der Waals surface area contributed by atoms with E-state index in [0.717, 1.165) is 77.0 Å². The molecule has 0 N–H and O–H groups in total. The normalized spacial score (nSPS) is 12.2. The zero-order valence-corrected chi connectivity index (χ0v) is 54.1. The van der Waals surface area contributed by atoms with Crippen LogP contribution in [0.1, 0.15) is 400 Å². The maximum absolute atomic E-state index is 12.9. The van der Waals surface area contributed by atoms with Crippen molar-refractivity contribution in [2.45, 2.75) is 406 Å². The molecule has 6 nitrogen and oxygen atoms in total. The highest BCUT2D eigenvalue weighted by Crippen LogP contribution is 2.19. The Hall–Kier alpha value is -2.37. The van der Waals surface area contributed by atoms with Gasteiger partial charge in [0.1, 0.15) is 13.2 Å². The van der Waals surface area contributed by atoms with Gasteiger partial charge in [-0.15, -0.1) is 0 Å². The number of rotatable bonds is 67. The fraction of sp³-hybridized carbons (Fsp3) is 0.878. The Morgan fingerprint density at radius 1 is 0.250 bits per heavy atom. The van der Waals surface area contributed by atoms with Crippen molar-refractivity contribution in [3.63, 3.8) is 0 Å². The third-order valence-electron chi connectivity index (χ3n) is 16.4. The van der Waals surface area contributed by atoms with E-state index in [0.29, 0.717) is 19.3 Å². The highest BCUT2D eigenvalue weighted by atomic mass is 16.6. The van der Waals surface area contributed by atoms with Gasteiger partial charge in [-0.25, -0.2) is 0 Å². The van der Waals surface area contributed by atoms with Gasteiger partial charge in [0.25, 0.3) is 0 Å². The molecule has 0 aromatic rings. The van der Waals surface area contributed by atoms with Crippen LogP contribution >= 0.6 is 0 Å². The summed E-state index contributed by atoms with van der Waals surface area (Å²) < 4.78 is 17.0. The molecule has 0 aliphatic rings. The summed E-state index contributed by atoms with van der Waals surface area (Å²) in [5.41, 5.74) is 0. The third-order valence-corrected chi connectivity index (χ3v) is 16.4. The average molecular weight is 1120 g/mol. The maximum Gasteiger partial charge on any atom is 0.306 e. The molecule has 6 heteroatoms. The Morgan fingerprint density at radius 2 is 0.450 bits per heavy atom. The standard InChI is InChI=1S/C74H138O6/c1-4-7-10-13-16-19-22-25-28-29-30-31-32-33-34-35-36-37-38-39-40-41-42-43-44-45-47-49-52-55-58-61-64-67-73(76)79-70-71(69-78-72(75)66-63-60-57-54-51-48-27-24-21-18-15-12-9-6-3)80-74(77)68-65-62-59-56-53-50-46-26-23-20-17-14-11-8-5-2/h17,20,26,29-30,46,71H,4-16,18-19,21-25,27-28,31-45,47-70H2,1-3H3/b20-17-,30-29-,46-26-. The van der Waals surface area contributed by atoms with E-state index >= 15 is 0 Å². The molecule has 1 atom stereocenters. The molecule has 0 amide bonds. The lowest BCUT2D eigenvalue weighted by Gasteiger charge is -2.18. The van der Waals surface area contributed by atoms with Crippen molar-refractivity contribution < 1.29 is 28.6 Å². The lowest BCUT2D eigenvalue weighted by Crippen LogP contribution is -2.30. The van der Waals surface area contributed by atoms with Gasteiger partial charge in [0.15, 0.2) is 6.10 Å². The number of carbonyl (C=O) groups excluding carboxylic acids is 3. The lowest BCUT2D eigenvalue weighted by atomic mass is 10.0. The molecule has 0 aromatic heterocycles. The van der Waals surface area contributed by atoms with Crippen LogP contribution < -0.4 is 0 Å². The smallest absolute Gasteiger partial charge is 0.306 e. The van der Waals surface area contributed by atoms with Crippen molar-refractivity contribution in [2.24, 2.45) is 0 Å². The third kappa shape index (κ3) is 66.4. The van der Waals surface area contributed by atoms with Crippen LogP contribution in [0.5, 0.6) is 0 Å². The quantitative estimate of drug-likeness (QED) is 0.0261. The SMILES string of the molecule is CCCCC/C=C\C/C=C\CCCCCCCC(=O)OC(COC(=O)CCCCCCCCCCCCCCCC)COC(=O)CCCCCCCCCCCCCCCCCCCCCCC/C=C\CCCCCCCCCC.